The van der Waals surface area contributed by atoms with E-state index >= 15 is 0 Å². The summed E-state index contributed by atoms with van der Waals surface area (Å²) >= 11 is 0. The fourth-order valence-electron chi connectivity index (χ4n) is 3.23. The number of nitrogens with zero attached hydrogens (tertiary/aromatic N) is 1. The van der Waals surface area contributed by atoms with Crippen molar-refractivity contribution in [2.24, 2.45) is 11.8 Å². The van der Waals surface area contributed by atoms with Crippen LogP contribution in [0.15, 0.2) is 54.7 Å². The maximum Gasteiger partial charge on any atom is 0.123 e. The van der Waals surface area contributed by atoms with Crippen LogP contribution in [-0.4, -0.2) is 4.98 Å². The van der Waals surface area contributed by atoms with Crippen molar-refractivity contribution in [1.29, 1.82) is 0 Å². The summed E-state index contributed by atoms with van der Waals surface area (Å²) in [4.78, 5) is 4.45. The minimum absolute atomic E-state index is 0.230. The summed E-state index contributed by atoms with van der Waals surface area (Å²) in [6, 6.07) is 10.3. The molecule has 0 saturated heterocycles. The third kappa shape index (κ3) is 5.03. The second kappa shape index (κ2) is 8.62. The van der Waals surface area contributed by atoms with Crippen LogP contribution in [0.25, 0.3) is 11.3 Å². The zero-order valence-electron chi connectivity index (χ0n) is 14.7. The Morgan fingerprint density at radius 2 is 1.84 bits per heavy atom. The molecule has 1 heterocycles. The summed E-state index contributed by atoms with van der Waals surface area (Å²) in [5.74, 6) is 7.70. The molecule has 25 heavy (non-hydrogen) atoms. The minimum atomic E-state index is -0.230. The number of allylic oxidation sites excluding steroid dienone is 2. The highest BCUT2D eigenvalue weighted by Crippen LogP contribution is 2.29. The van der Waals surface area contributed by atoms with Crippen LogP contribution in [0.4, 0.5) is 4.39 Å². The maximum absolute atomic E-state index is 13.0. The summed E-state index contributed by atoms with van der Waals surface area (Å²) in [5.41, 5.74) is 2.70. The molecule has 2 heteroatoms. The number of hydrogen-bond acceptors (Lipinski definition) is 1. The van der Waals surface area contributed by atoms with Crippen molar-refractivity contribution in [3.63, 3.8) is 0 Å². The summed E-state index contributed by atoms with van der Waals surface area (Å²) in [7, 11) is 0. The van der Waals surface area contributed by atoms with E-state index in [-0.39, 0.29) is 5.82 Å². The van der Waals surface area contributed by atoms with Gasteiger partial charge in [-0.2, -0.15) is 0 Å². The molecule has 1 saturated carbocycles. The zero-order chi connectivity index (χ0) is 17.5. The van der Waals surface area contributed by atoms with Gasteiger partial charge in [-0.05, 0) is 74.4 Å². The Hall–Kier alpha value is -2.40. The van der Waals surface area contributed by atoms with E-state index in [1.807, 2.05) is 12.1 Å². The van der Waals surface area contributed by atoms with Gasteiger partial charge in [-0.3, -0.25) is 4.98 Å². The number of pyridine rings is 1. The highest BCUT2D eigenvalue weighted by molar-refractivity contribution is 5.59. The van der Waals surface area contributed by atoms with Crippen molar-refractivity contribution in [1.82, 2.24) is 4.98 Å². The van der Waals surface area contributed by atoms with Gasteiger partial charge in [-0.15, -0.1) is 0 Å². The second-order valence-corrected chi connectivity index (χ2v) is 6.66. The molecule has 1 aliphatic rings. The fraction of sp³-hybridized carbons (Fsp3) is 0.348. The molecule has 1 nitrogen and oxygen atoms in total. The topological polar surface area (TPSA) is 12.9 Å². The predicted octanol–water partition coefficient (Wildman–Crippen LogP) is 6.01. The van der Waals surface area contributed by atoms with Crippen LogP contribution in [0.3, 0.4) is 0 Å². The number of hydrogen-bond donors (Lipinski definition) is 0. The lowest BCUT2D eigenvalue weighted by molar-refractivity contribution is 0.364. The van der Waals surface area contributed by atoms with Crippen molar-refractivity contribution in [3.8, 4) is 23.1 Å². The minimum Gasteiger partial charge on any atom is -0.255 e. The Morgan fingerprint density at radius 1 is 1.08 bits per heavy atom. The molecule has 1 aromatic heterocycles. The second-order valence-electron chi connectivity index (χ2n) is 6.66. The summed E-state index contributed by atoms with van der Waals surface area (Å²) < 4.78 is 13.0. The third-order valence-electron chi connectivity index (χ3n) is 4.74. The lowest BCUT2D eigenvalue weighted by Gasteiger charge is -2.23. The van der Waals surface area contributed by atoms with Gasteiger partial charge < -0.3 is 0 Å². The lowest BCUT2D eigenvalue weighted by Crippen LogP contribution is -2.11. The van der Waals surface area contributed by atoms with Crippen molar-refractivity contribution in [3.05, 3.63) is 66.1 Å². The quantitative estimate of drug-likeness (QED) is 0.495. The van der Waals surface area contributed by atoms with E-state index in [4.69, 9.17) is 0 Å². The van der Waals surface area contributed by atoms with Crippen molar-refractivity contribution in [2.75, 3.05) is 0 Å². The van der Waals surface area contributed by atoms with Crippen LogP contribution < -0.4 is 0 Å². The van der Waals surface area contributed by atoms with Gasteiger partial charge >= 0.3 is 0 Å². The van der Waals surface area contributed by atoms with Gasteiger partial charge in [0.05, 0.1) is 5.69 Å². The molecule has 0 N–H and O–H groups in total. The van der Waals surface area contributed by atoms with Crippen molar-refractivity contribution in [2.45, 2.75) is 39.0 Å². The monoisotopic (exact) mass is 333 g/mol. The molecule has 0 aliphatic heterocycles. The molecule has 1 aliphatic carbocycles. The molecule has 0 amide bonds. The van der Waals surface area contributed by atoms with E-state index in [1.165, 1.54) is 37.8 Å². The van der Waals surface area contributed by atoms with Crippen LogP contribution in [0.1, 0.15) is 44.6 Å². The normalized spacial score (nSPS) is 20.2. The first-order valence-electron chi connectivity index (χ1n) is 9.15. The SMILES string of the molecule is CC/C=C/[C@H]1CC[C@H](C#Cc2ccc(-c3ccc(F)cc3)nc2)CC1. The van der Waals surface area contributed by atoms with E-state index in [1.54, 1.807) is 18.3 Å². The molecule has 128 valence electrons. The molecular formula is C23H24FN. The largest absolute Gasteiger partial charge is 0.255 e. The van der Waals surface area contributed by atoms with Crippen LogP contribution in [0.5, 0.6) is 0 Å². The molecule has 0 unspecified atom stereocenters. The smallest absolute Gasteiger partial charge is 0.123 e. The maximum atomic E-state index is 13.0. The number of aromatic nitrogens is 1. The molecule has 2 aromatic rings. The zero-order valence-corrected chi connectivity index (χ0v) is 14.7. The summed E-state index contributed by atoms with van der Waals surface area (Å²) in [5, 5.41) is 0. The molecule has 0 bridgehead atoms. The number of halogens is 1. The van der Waals surface area contributed by atoms with Gasteiger partial charge in [0, 0.05) is 23.2 Å². The highest BCUT2D eigenvalue weighted by atomic mass is 19.1. The lowest BCUT2D eigenvalue weighted by atomic mass is 9.82. The standard InChI is InChI=1S/C23H24FN/c1-2-3-4-18-5-7-19(8-6-18)9-10-20-11-16-23(25-17-20)21-12-14-22(24)15-13-21/h3-4,11-19H,2,5-8H2,1H3/b4-3+/t18-,19-. The van der Waals surface area contributed by atoms with Crippen LogP contribution >= 0.6 is 0 Å². The van der Waals surface area contributed by atoms with E-state index in [9.17, 15) is 4.39 Å². The van der Waals surface area contributed by atoms with E-state index in [0.29, 0.717) is 5.92 Å². The van der Waals surface area contributed by atoms with Gasteiger partial charge in [0.25, 0.3) is 0 Å². The first-order chi connectivity index (χ1) is 12.2. The van der Waals surface area contributed by atoms with Gasteiger partial charge in [-0.25, -0.2) is 4.39 Å². The fourth-order valence-corrected chi connectivity index (χ4v) is 3.23. The van der Waals surface area contributed by atoms with Crippen LogP contribution in [0.2, 0.25) is 0 Å². The van der Waals surface area contributed by atoms with E-state index in [0.717, 1.165) is 29.2 Å². The average molecular weight is 333 g/mol. The molecular weight excluding hydrogens is 309 g/mol. The predicted molar refractivity (Wildman–Crippen MR) is 101 cm³/mol. The first-order valence-corrected chi connectivity index (χ1v) is 9.15. The molecule has 1 aromatic carbocycles. The van der Waals surface area contributed by atoms with Crippen molar-refractivity contribution >= 4 is 0 Å². The molecule has 3 rings (SSSR count). The third-order valence-corrected chi connectivity index (χ3v) is 4.74. The highest BCUT2D eigenvalue weighted by Gasteiger charge is 2.17. The summed E-state index contributed by atoms with van der Waals surface area (Å²) in [6.07, 6.45) is 12.5. The first kappa shape index (κ1) is 17.4. The van der Waals surface area contributed by atoms with Crippen molar-refractivity contribution < 1.29 is 4.39 Å². The average Bonchev–Trinajstić information content (AvgIpc) is 2.67. The Kier molecular flexibility index (Phi) is 6.01. The molecule has 1 fully saturated rings. The Morgan fingerprint density at radius 3 is 2.48 bits per heavy atom. The number of benzene rings is 1. The molecule has 0 spiro atoms. The Balaban J connectivity index is 1.58. The van der Waals surface area contributed by atoms with Crippen LogP contribution in [-0.2, 0) is 0 Å². The van der Waals surface area contributed by atoms with Gasteiger partial charge in [0.1, 0.15) is 5.82 Å². The molecule has 0 radical (unpaired) electrons. The van der Waals surface area contributed by atoms with E-state index in [2.05, 4.69) is 35.9 Å². The van der Waals surface area contributed by atoms with Gasteiger partial charge in [0.2, 0.25) is 0 Å². The van der Waals surface area contributed by atoms with Gasteiger partial charge in [-0.1, -0.05) is 30.9 Å². The van der Waals surface area contributed by atoms with Gasteiger partial charge in [0.15, 0.2) is 0 Å². The Bertz CT molecular complexity index is 754. The molecule has 0 atom stereocenters. The van der Waals surface area contributed by atoms with Crippen LogP contribution in [0, 0.1) is 29.5 Å². The summed E-state index contributed by atoms with van der Waals surface area (Å²) in [6.45, 7) is 2.18. The van der Waals surface area contributed by atoms with E-state index < -0.39 is 0 Å². The Labute approximate surface area is 150 Å². The number of rotatable bonds is 3.